The lowest BCUT2D eigenvalue weighted by Gasteiger charge is -2.09. The van der Waals surface area contributed by atoms with E-state index in [1.165, 1.54) is 12.1 Å². The first-order valence-corrected chi connectivity index (χ1v) is 5.45. The van der Waals surface area contributed by atoms with Gasteiger partial charge in [-0.3, -0.25) is 0 Å². The molecule has 1 rings (SSSR count). The van der Waals surface area contributed by atoms with Gasteiger partial charge in [0, 0.05) is 0 Å². The molecule has 0 aromatic heterocycles. The zero-order valence-electron chi connectivity index (χ0n) is 10.2. The van der Waals surface area contributed by atoms with E-state index >= 15 is 0 Å². The molecule has 0 atom stereocenters. The summed E-state index contributed by atoms with van der Waals surface area (Å²) in [5, 5.41) is 0. The Hall–Kier alpha value is -2.24. The third kappa shape index (κ3) is 4.32. The van der Waals surface area contributed by atoms with E-state index in [0.29, 0.717) is 0 Å². The lowest BCUT2D eigenvalue weighted by atomic mass is 10.3. The fourth-order valence-corrected chi connectivity index (χ4v) is 1.09. The number of carbonyl (C=O) groups excluding carboxylic acids is 2. The van der Waals surface area contributed by atoms with Crippen molar-refractivity contribution >= 4 is 12.3 Å². The van der Waals surface area contributed by atoms with Gasteiger partial charge in [0.1, 0.15) is 0 Å². The van der Waals surface area contributed by atoms with Crippen LogP contribution in [0.3, 0.4) is 0 Å². The molecule has 0 fully saturated rings. The van der Waals surface area contributed by atoms with Crippen molar-refractivity contribution in [2.75, 3.05) is 13.2 Å². The molecule has 0 radical (unpaired) electrons. The third-order valence-corrected chi connectivity index (χ3v) is 1.76. The van der Waals surface area contributed by atoms with Gasteiger partial charge >= 0.3 is 12.3 Å². The Morgan fingerprint density at radius 2 is 1.28 bits per heavy atom. The standard InChI is InChI=1S/C12H14O6/c1-3-15-11(13)17-9-7-5-6-8-10(9)18-12(14)16-4-2/h5-8H,3-4H2,1-2H3. The van der Waals surface area contributed by atoms with Crippen molar-refractivity contribution < 1.29 is 28.5 Å². The fraction of sp³-hybridized carbons (Fsp3) is 0.333. The van der Waals surface area contributed by atoms with Crippen molar-refractivity contribution in [2.24, 2.45) is 0 Å². The van der Waals surface area contributed by atoms with Crippen LogP contribution in [-0.4, -0.2) is 25.5 Å². The summed E-state index contributed by atoms with van der Waals surface area (Å²) in [4.78, 5) is 22.3. The van der Waals surface area contributed by atoms with Gasteiger partial charge in [-0.15, -0.1) is 0 Å². The van der Waals surface area contributed by atoms with E-state index in [9.17, 15) is 9.59 Å². The van der Waals surface area contributed by atoms with Crippen LogP contribution in [0.5, 0.6) is 11.5 Å². The molecule has 1 aromatic carbocycles. The molecule has 0 bridgehead atoms. The van der Waals surface area contributed by atoms with Crippen LogP contribution in [0.25, 0.3) is 0 Å². The van der Waals surface area contributed by atoms with Crippen molar-refractivity contribution in [1.82, 2.24) is 0 Å². The van der Waals surface area contributed by atoms with E-state index in [1.807, 2.05) is 0 Å². The fourth-order valence-electron chi connectivity index (χ4n) is 1.09. The van der Waals surface area contributed by atoms with Gasteiger partial charge in [-0.05, 0) is 26.0 Å². The Morgan fingerprint density at radius 1 is 0.889 bits per heavy atom. The van der Waals surface area contributed by atoms with Gasteiger partial charge in [-0.1, -0.05) is 12.1 Å². The van der Waals surface area contributed by atoms with Crippen molar-refractivity contribution in [1.29, 1.82) is 0 Å². The molecule has 0 N–H and O–H groups in total. The Morgan fingerprint density at radius 3 is 1.61 bits per heavy atom. The smallest absolute Gasteiger partial charge is 0.434 e. The molecule has 0 aliphatic carbocycles. The predicted octanol–water partition coefficient (Wildman–Crippen LogP) is 2.76. The number of benzene rings is 1. The SMILES string of the molecule is CCOC(=O)Oc1ccccc1OC(=O)OCC. The molecular weight excluding hydrogens is 240 g/mol. The molecule has 0 unspecified atom stereocenters. The van der Waals surface area contributed by atoms with Crippen LogP contribution in [0.4, 0.5) is 9.59 Å². The monoisotopic (exact) mass is 254 g/mol. The minimum absolute atomic E-state index is 0.0870. The summed E-state index contributed by atoms with van der Waals surface area (Å²) >= 11 is 0. The summed E-state index contributed by atoms with van der Waals surface area (Å²) in [6.07, 6.45) is -1.73. The summed E-state index contributed by atoms with van der Waals surface area (Å²) in [6, 6.07) is 6.22. The van der Waals surface area contributed by atoms with Crippen LogP contribution in [0.2, 0.25) is 0 Å². The molecule has 6 heteroatoms. The highest BCUT2D eigenvalue weighted by Gasteiger charge is 2.14. The Balaban J connectivity index is 2.73. The first-order valence-electron chi connectivity index (χ1n) is 5.45. The lowest BCUT2D eigenvalue weighted by molar-refractivity contribution is 0.0940. The minimum atomic E-state index is -0.864. The summed E-state index contributed by atoms with van der Waals surface area (Å²) < 4.78 is 19.0. The molecular formula is C12H14O6. The molecule has 0 spiro atoms. The summed E-state index contributed by atoms with van der Waals surface area (Å²) in [6.45, 7) is 3.70. The van der Waals surface area contributed by atoms with Crippen LogP contribution >= 0.6 is 0 Å². The lowest BCUT2D eigenvalue weighted by Crippen LogP contribution is -2.14. The first kappa shape index (κ1) is 13.8. The van der Waals surface area contributed by atoms with E-state index in [1.54, 1.807) is 26.0 Å². The van der Waals surface area contributed by atoms with Crippen LogP contribution in [0, 0.1) is 0 Å². The molecule has 6 nitrogen and oxygen atoms in total. The van der Waals surface area contributed by atoms with Gasteiger partial charge < -0.3 is 18.9 Å². The highest BCUT2D eigenvalue weighted by molar-refractivity contribution is 5.68. The van der Waals surface area contributed by atoms with Gasteiger partial charge in [0.15, 0.2) is 11.5 Å². The highest BCUT2D eigenvalue weighted by atomic mass is 16.7. The first-order chi connectivity index (χ1) is 8.67. The van der Waals surface area contributed by atoms with E-state index < -0.39 is 12.3 Å². The molecule has 0 amide bonds. The number of rotatable bonds is 4. The van der Waals surface area contributed by atoms with Crippen molar-refractivity contribution in [3.8, 4) is 11.5 Å². The van der Waals surface area contributed by atoms with Crippen LogP contribution in [0.1, 0.15) is 13.8 Å². The second kappa shape index (κ2) is 7.16. The van der Waals surface area contributed by atoms with Crippen molar-refractivity contribution in [2.45, 2.75) is 13.8 Å². The van der Waals surface area contributed by atoms with E-state index in [4.69, 9.17) is 9.47 Å². The molecule has 0 aliphatic heterocycles. The van der Waals surface area contributed by atoms with Crippen molar-refractivity contribution in [3.05, 3.63) is 24.3 Å². The zero-order valence-corrected chi connectivity index (χ0v) is 10.2. The molecule has 0 aliphatic rings. The Labute approximate surface area is 104 Å². The molecule has 0 saturated carbocycles. The van der Waals surface area contributed by atoms with Crippen LogP contribution in [-0.2, 0) is 9.47 Å². The quantitative estimate of drug-likeness (QED) is 0.607. The maximum atomic E-state index is 11.2. The van der Waals surface area contributed by atoms with Crippen molar-refractivity contribution in [3.63, 3.8) is 0 Å². The Bertz CT molecular complexity index is 376. The number of carbonyl (C=O) groups is 2. The molecule has 1 aromatic rings. The normalized spacial score (nSPS) is 9.44. The molecule has 98 valence electrons. The van der Waals surface area contributed by atoms with E-state index in [-0.39, 0.29) is 24.7 Å². The summed E-state index contributed by atoms with van der Waals surface area (Å²) in [5.74, 6) is 0.174. The summed E-state index contributed by atoms with van der Waals surface area (Å²) in [7, 11) is 0. The third-order valence-electron chi connectivity index (χ3n) is 1.76. The number of hydrogen-bond donors (Lipinski definition) is 0. The van der Waals surface area contributed by atoms with Crippen LogP contribution < -0.4 is 9.47 Å². The maximum Gasteiger partial charge on any atom is 0.513 e. The zero-order chi connectivity index (χ0) is 13.4. The Kier molecular flexibility index (Phi) is 5.50. The van der Waals surface area contributed by atoms with Gasteiger partial charge in [0.05, 0.1) is 13.2 Å². The maximum absolute atomic E-state index is 11.2. The predicted molar refractivity (Wildman–Crippen MR) is 61.7 cm³/mol. The molecule has 0 heterocycles. The van der Waals surface area contributed by atoms with E-state index in [0.717, 1.165) is 0 Å². The number of hydrogen-bond acceptors (Lipinski definition) is 6. The molecule has 18 heavy (non-hydrogen) atoms. The van der Waals surface area contributed by atoms with Gasteiger partial charge in [0.2, 0.25) is 0 Å². The number of para-hydroxylation sites is 2. The summed E-state index contributed by atoms with van der Waals surface area (Å²) in [5.41, 5.74) is 0. The average Bonchev–Trinajstić information content (AvgIpc) is 2.32. The highest BCUT2D eigenvalue weighted by Crippen LogP contribution is 2.27. The average molecular weight is 254 g/mol. The van der Waals surface area contributed by atoms with Crippen LogP contribution in [0.15, 0.2) is 24.3 Å². The second-order valence-electron chi connectivity index (χ2n) is 3.02. The molecule has 0 saturated heterocycles. The van der Waals surface area contributed by atoms with Gasteiger partial charge in [0.25, 0.3) is 0 Å². The minimum Gasteiger partial charge on any atom is -0.434 e. The largest absolute Gasteiger partial charge is 0.513 e. The topological polar surface area (TPSA) is 71.1 Å². The second-order valence-corrected chi connectivity index (χ2v) is 3.02. The number of ether oxygens (including phenoxy) is 4. The van der Waals surface area contributed by atoms with E-state index in [2.05, 4.69) is 9.47 Å². The van der Waals surface area contributed by atoms with Gasteiger partial charge in [-0.2, -0.15) is 0 Å². The van der Waals surface area contributed by atoms with Gasteiger partial charge in [-0.25, -0.2) is 9.59 Å².